The highest BCUT2D eigenvalue weighted by Crippen LogP contribution is 2.31. The standard InChI is InChI=1S/C20H31NO6/c1-6-13(4)18(23)27-14(5)20(25,12(2)3)19(24)26-11-15-7-9-21-10-8-16(22)17(15)21/h6-7,12,14,16-17,22,25H,8-11H2,1-5H3/t14-,16+,17+,20-/m0/s1. The fraction of sp³-hybridized carbons (Fsp3) is 0.700. The summed E-state index contributed by atoms with van der Waals surface area (Å²) in [5.74, 6) is -1.94. The molecule has 2 rings (SSSR count). The van der Waals surface area contributed by atoms with Gasteiger partial charge in [-0.25, -0.2) is 9.59 Å². The van der Waals surface area contributed by atoms with Crippen LogP contribution in [0.15, 0.2) is 23.3 Å². The third-order valence-electron chi connectivity index (χ3n) is 5.67. The van der Waals surface area contributed by atoms with Crippen molar-refractivity contribution < 1.29 is 29.3 Å². The first-order valence-corrected chi connectivity index (χ1v) is 9.47. The van der Waals surface area contributed by atoms with Gasteiger partial charge in [0, 0.05) is 18.7 Å². The van der Waals surface area contributed by atoms with E-state index >= 15 is 0 Å². The predicted molar refractivity (Wildman–Crippen MR) is 99.8 cm³/mol. The summed E-state index contributed by atoms with van der Waals surface area (Å²) in [5, 5.41) is 21.1. The molecule has 0 aromatic heterocycles. The van der Waals surface area contributed by atoms with Gasteiger partial charge in [-0.2, -0.15) is 0 Å². The number of esters is 2. The molecule has 0 spiro atoms. The highest BCUT2D eigenvalue weighted by Gasteiger charge is 2.49. The number of carbonyl (C=O) groups excluding carboxylic acids is 2. The summed E-state index contributed by atoms with van der Waals surface area (Å²) >= 11 is 0. The molecule has 4 atom stereocenters. The quantitative estimate of drug-likeness (QED) is 0.388. The first-order chi connectivity index (χ1) is 12.6. The fourth-order valence-electron chi connectivity index (χ4n) is 3.62. The second-order valence-electron chi connectivity index (χ2n) is 7.65. The zero-order valence-corrected chi connectivity index (χ0v) is 16.8. The van der Waals surface area contributed by atoms with Crippen LogP contribution in [0.3, 0.4) is 0 Å². The molecule has 0 aliphatic carbocycles. The van der Waals surface area contributed by atoms with Gasteiger partial charge < -0.3 is 19.7 Å². The van der Waals surface area contributed by atoms with Gasteiger partial charge in [-0.3, -0.25) is 4.90 Å². The van der Waals surface area contributed by atoms with Crippen molar-refractivity contribution in [3.63, 3.8) is 0 Å². The number of nitrogens with zero attached hydrogens (tertiary/aromatic N) is 1. The number of hydrogen-bond acceptors (Lipinski definition) is 7. The summed E-state index contributed by atoms with van der Waals surface area (Å²) in [6.45, 7) is 9.68. The van der Waals surface area contributed by atoms with Crippen molar-refractivity contribution in [1.82, 2.24) is 4.90 Å². The molecule has 2 N–H and O–H groups in total. The minimum atomic E-state index is -1.96. The molecule has 0 unspecified atom stereocenters. The minimum absolute atomic E-state index is 0.000642. The maximum Gasteiger partial charge on any atom is 0.342 e. The molecule has 2 aliphatic rings. The average Bonchev–Trinajstić information content (AvgIpc) is 3.20. The molecule has 7 nitrogen and oxygen atoms in total. The van der Waals surface area contributed by atoms with Crippen LogP contribution in [0.25, 0.3) is 0 Å². The molecule has 1 fully saturated rings. The normalized spacial score (nSPS) is 26.4. The predicted octanol–water partition coefficient (Wildman–Crippen LogP) is 1.19. The SMILES string of the molecule is CC=C(C)C(=O)O[C@@H](C)[C@](O)(C(=O)OCC1=CCN2CC[C@@H](O)[C@@H]12)C(C)C. The van der Waals surface area contributed by atoms with Gasteiger partial charge in [0.2, 0.25) is 5.60 Å². The van der Waals surface area contributed by atoms with Crippen molar-refractivity contribution in [1.29, 1.82) is 0 Å². The molecular weight excluding hydrogens is 350 g/mol. The molecular formula is C20H31NO6. The van der Waals surface area contributed by atoms with Gasteiger partial charge in [-0.1, -0.05) is 26.0 Å². The second-order valence-corrected chi connectivity index (χ2v) is 7.65. The lowest BCUT2D eigenvalue weighted by Gasteiger charge is -2.34. The first-order valence-electron chi connectivity index (χ1n) is 9.47. The molecule has 1 saturated heterocycles. The Morgan fingerprint density at radius 2 is 2.07 bits per heavy atom. The largest absolute Gasteiger partial charge is 0.459 e. The van der Waals surface area contributed by atoms with Crippen molar-refractivity contribution in [3.8, 4) is 0 Å². The summed E-state index contributed by atoms with van der Waals surface area (Å²) in [7, 11) is 0. The number of ether oxygens (including phenoxy) is 2. The van der Waals surface area contributed by atoms with Crippen LogP contribution in [0.5, 0.6) is 0 Å². The van der Waals surface area contributed by atoms with E-state index in [1.165, 1.54) is 6.92 Å². The van der Waals surface area contributed by atoms with Crippen molar-refractivity contribution >= 4 is 11.9 Å². The van der Waals surface area contributed by atoms with E-state index in [9.17, 15) is 19.8 Å². The molecule has 7 heteroatoms. The zero-order valence-electron chi connectivity index (χ0n) is 16.8. The lowest BCUT2D eigenvalue weighted by atomic mass is 9.85. The molecule has 0 bridgehead atoms. The Labute approximate surface area is 160 Å². The molecule has 0 radical (unpaired) electrons. The molecule has 0 saturated carbocycles. The van der Waals surface area contributed by atoms with Crippen molar-refractivity contribution in [2.45, 2.75) is 64.9 Å². The van der Waals surface area contributed by atoms with E-state index in [1.54, 1.807) is 33.8 Å². The van der Waals surface area contributed by atoms with E-state index in [0.29, 0.717) is 12.0 Å². The number of carbonyl (C=O) groups is 2. The highest BCUT2D eigenvalue weighted by molar-refractivity contribution is 5.88. The number of aliphatic hydroxyl groups excluding tert-OH is 1. The van der Waals surface area contributed by atoms with Crippen LogP contribution >= 0.6 is 0 Å². The first kappa shape index (κ1) is 21.6. The monoisotopic (exact) mass is 381 g/mol. The fourth-order valence-corrected chi connectivity index (χ4v) is 3.62. The molecule has 2 heterocycles. The summed E-state index contributed by atoms with van der Waals surface area (Å²) in [6, 6.07) is -0.127. The maximum absolute atomic E-state index is 12.7. The van der Waals surface area contributed by atoms with Gasteiger partial charge >= 0.3 is 11.9 Å². The third-order valence-corrected chi connectivity index (χ3v) is 5.67. The Morgan fingerprint density at radius 1 is 1.41 bits per heavy atom. The summed E-state index contributed by atoms with van der Waals surface area (Å²) in [5.41, 5.74) is -0.724. The molecule has 0 amide bonds. The van der Waals surface area contributed by atoms with E-state index in [0.717, 1.165) is 18.7 Å². The minimum Gasteiger partial charge on any atom is -0.459 e. The lowest BCUT2D eigenvalue weighted by Crippen LogP contribution is -2.55. The van der Waals surface area contributed by atoms with Gasteiger partial charge in [0.1, 0.15) is 12.7 Å². The summed E-state index contributed by atoms with van der Waals surface area (Å²) in [6.07, 6.45) is 2.72. The van der Waals surface area contributed by atoms with Gasteiger partial charge in [0.25, 0.3) is 0 Å². The van der Waals surface area contributed by atoms with Crippen LogP contribution in [0, 0.1) is 5.92 Å². The highest BCUT2D eigenvalue weighted by atomic mass is 16.6. The second kappa shape index (κ2) is 8.54. The van der Waals surface area contributed by atoms with Crippen molar-refractivity contribution in [2.75, 3.05) is 19.7 Å². The van der Waals surface area contributed by atoms with Crippen LogP contribution in [0.1, 0.15) is 41.0 Å². The molecule has 152 valence electrons. The molecule has 2 aliphatic heterocycles. The van der Waals surface area contributed by atoms with Gasteiger partial charge in [-0.15, -0.1) is 0 Å². The molecule has 0 aromatic carbocycles. The van der Waals surface area contributed by atoms with Crippen LogP contribution < -0.4 is 0 Å². The third kappa shape index (κ3) is 4.25. The van der Waals surface area contributed by atoms with Gasteiger partial charge in [0.15, 0.2) is 0 Å². The number of hydrogen-bond donors (Lipinski definition) is 2. The van der Waals surface area contributed by atoms with E-state index in [4.69, 9.17) is 9.47 Å². The number of allylic oxidation sites excluding steroid dienone is 1. The van der Waals surface area contributed by atoms with Crippen LogP contribution in [-0.4, -0.2) is 70.6 Å². The summed E-state index contributed by atoms with van der Waals surface area (Å²) in [4.78, 5) is 26.9. The zero-order chi connectivity index (χ0) is 20.4. The summed E-state index contributed by atoms with van der Waals surface area (Å²) < 4.78 is 10.7. The maximum atomic E-state index is 12.7. The van der Waals surface area contributed by atoms with E-state index in [-0.39, 0.29) is 12.6 Å². The van der Waals surface area contributed by atoms with Gasteiger partial charge in [-0.05, 0) is 38.7 Å². The molecule has 27 heavy (non-hydrogen) atoms. The average molecular weight is 381 g/mol. The Morgan fingerprint density at radius 3 is 2.67 bits per heavy atom. The number of fused-ring (bicyclic) bond motifs is 1. The van der Waals surface area contributed by atoms with Gasteiger partial charge in [0.05, 0.1) is 12.1 Å². The van der Waals surface area contributed by atoms with Crippen LogP contribution in [0.2, 0.25) is 0 Å². The van der Waals surface area contributed by atoms with Crippen molar-refractivity contribution in [3.05, 3.63) is 23.3 Å². The van der Waals surface area contributed by atoms with Crippen LogP contribution in [-0.2, 0) is 19.1 Å². The number of aliphatic hydroxyl groups is 2. The Kier molecular flexibility index (Phi) is 6.83. The van der Waals surface area contributed by atoms with Crippen LogP contribution in [0.4, 0.5) is 0 Å². The lowest BCUT2D eigenvalue weighted by molar-refractivity contribution is -0.191. The smallest absolute Gasteiger partial charge is 0.342 e. The Balaban J connectivity index is 2.04. The van der Waals surface area contributed by atoms with Crippen molar-refractivity contribution in [2.24, 2.45) is 5.92 Å². The number of rotatable bonds is 7. The van der Waals surface area contributed by atoms with E-state index in [2.05, 4.69) is 4.90 Å². The Hall–Kier alpha value is -1.70. The van der Waals surface area contributed by atoms with E-state index in [1.807, 2.05) is 6.08 Å². The molecule has 0 aromatic rings. The topological polar surface area (TPSA) is 96.3 Å². The van der Waals surface area contributed by atoms with E-state index < -0.39 is 35.7 Å². The Bertz CT molecular complexity index is 640.